The molecule has 0 fully saturated rings. The zero-order valence-electron chi connectivity index (χ0n) is 12.5. The lowest BCUT2D eigenvalue weighted by Gasteiger charge is -2.13. The smallest absolute Gasteiger partial charge is 0.374 e. The van der Waals surface area contributed by atoms with E-state index >= 15 is 0 Å². The number of anilines is 1. The number of benzene rings is 2. The molecule has 0 radical (unpaired) electrons. The van der Waals surface area contributed by atoms with Gasteiger partial charge in [-0.3, -0.25) is 4.79 Å². The lowest BCUT2D eigenvalue weighted by atomic mass is 10.1. The summed E-state index contributed by atoms with van der Waals surface area (Å²) >= 11 is 0. The van der Waals surface area contributed by atoms with Gasteiger partial charge in [-0.15, -0.1) is 0 Å². The molecule has 1 N–H and O–H groups in total. The van der Waals surface area contributed by atoms with Crippen LogP contribution in [0.2, 0.25) is 0 Å². The van der Waals surface area contributed by atoms with Gasteiger partial charge in [0.2, 0.25) is 5.76 Å². The summed E-state index contributed by atoms with van der Waals surface area (Å²) in [4.78, 5) is 23.9. The quantitative estimate of drug-likeness (QED) is 0.747. The minimum atomic E-state index is -0.931. The maximum atomic E-state index is 12.1. The Balaban J connectivity index is 1.66. The minimum Gasteiger partial charge on any atom is -0.457 e. The highest BCUT2D eigenvalue weighted by Gasteiger charge is 2.20. The Morgan fingerprint density at radius 3 is 2.57 bits per heavy atom. The van der Waals surface area contributed by atoms with E-state index in [-0.39, 0.29) is 5.76 Å². The highest BCUT2D eigenvalue weighted by molar-refractivity contribution is 5.98. The largest absolute Gasteiger partial charge is 0.457 e. The van der Waals surface area contributed by atoms with Crippen molar-refractivity contribution in [2.45, 2.75) is 13.0 Å². The fourth-order valence-electron chi connectivity index (χ4n) is 2.18. The first-order valence-corrected chi connectivity index (χ1v) is 7.17. The molecule has 1 aromatic heterocycles. The maximum absolute atomic E-state index is 12.1. The zero-order valence-corrected chi connectivity index (χ0v) is 12.5. The van der Waals surface area contributed by atoms with Crippen LogP contribution >= 0.6 is 0 Å². The van der Waals surface area contributed by atoms with Crippen LogP contribution in [0.3, 0.4) is 0 Å². The summed E-state index contributed by atoms with van der Waals surface area (Å²) in [5.41, 5.74) is 0.648. The van der Waals surface area contributed by atoms with Crippen LogP contribution in [-0.2, 0) is 9.53 Å². The summed E-state index contributed by atoms with van der Waals surface area (Å²) < 4.78 is 10.0. The fraction of sp³-hybridized carbons (Fsp3) is 0.111. The molecule has 0 saturated carbocycles. The molecule has 3 aromatic rings. The Bertz CT molecular complexity index is 839. The summed E-state index contributed by atoms with van der Waals surface area (Å²) in [6.07, 6.45) is 0.440. The van der Waals surface area contributed by atoms with Gasteiger partial charge in [0.05, 0.1) is 6.26 Å². The first kappa shape index (κ1) is 14.8. The number of ether oxygens (including phenoxy) is 1. The molecule has 0 aliphatic heterocycles. The molecule has 2 aromatic carbocycles. The van der Waals surface area contributed by atoms with Crippen LogP contribution in [0.15, 0.2) is 65.3 Å². The topological polar surface area (TPSA) is 68.5 Å². The number of rotatable bonds is 4. The molecule has 1 amide bonds. The van der Waals surface area contributed by atoms with Gasteiger partial charge in [0.1, 0.15) is 0 Å². The van der Waals surface area contributed by atoms with E-state index in [9.17, 15) is 9.59 Å². The van der Waals surface area contributed by atoms with Crippen molar-refractivity contribution in [3.63, 3.8) is 0 Å². The van der Waals surface area contributed by atoms with Crippen molar-refractivity contribution in [3.05, 3.63) is 66.6 Å². The summed E-state index contributed by atoms with van der Waals surface area (Å²) in [6.45, 7) is 1.51. The molecule has 23 heavy (non-hydrogen) atoms. The van der Waals surface area contributed by atoms with Gasteiger partial charge in [-0.05, 0) is 42.0 Å². The van der Waals surface area contributed by atoms with Gasteiger partial charge < -0.3 is 14.5 Å². The number of nitrogens with one attached hydrogen (secondary N) is 1. The minimum absolute atomic E-state index is 0.0651. The van der Waals surface area contributed by atoms with Gasteiger partial charge in [-0.25, -0.2) is 4.79 Å². The van der Waals surface area contributed by atoms with E-state index in [1.165, 1.54) is 19.3 Å². The normalized spacial score (nSPS) is 11.9. The molecule has 3 rings (SSSR count). The first-order valence-electron chi connectivity index (χ1n) is 7.17. The summed E-state index contributed by atoms with van der Waals surface area (Å²) in [5.74, 6) is -1.01. The van der Waals surface area contributed by atoms with E-state index in [1.54, 1.807) is 12.1 Å². The molecule has 0 spiro atoms. The average molecular weight is 309 g/mol. The van der Waals surface area contributed by atoms with Crippen LogP contribution in [0.1, 0.15) is 17.5 Å². The van der Waals surface area contributed by atoms with Crippen LogP contribution in [0, 0.1) is 0 Å². The van der Waals surface area contributed by atoms with Crippen molar-refractivity contribution >= 4 is 28.3 Å². The number of carbonyl (C=O) groups is 2. The highest BCUT2D eigenvalue weighted by Crippen LogP contribution is 2.19. The van der Waals surface area contributed by atoms with Crippen molar-refractivity contribution in [2.75, 3.05) is 5.32 Å². The molecule has 1 atom stereocenters. The SMILES string of the molecule is C[C@@H](OC(=O)c1ccco1)C(=O)Nc1ccc2ccccc2c1. The zero-order chi connectivity index (χ0) is 16.2. The van der Waals surface area contributed by atoms with Crippen LogP contribution in [0.25, 0.3) is 10.8 Å². The van der Waals surface area contributed by atoms with E-state index in [4.69, 9.17) is 9.15 Å². The van der Waals surface area contributed by atoms with Gasteiger partial charge >= 0.3 is 5.97 Å². The van der Waals surface area contributed by atoms with E-state index in [0.717, 1.165) is 10.8 Å². The van der Waals surface area contributed by atoms with Gasteiger partial charge in [-0.2, -0.15) is 0 Å². The van der Waals surface area contributed by atoms with Gasteiger partial charge in [-0.1, -0.05) is 30.3 Å². The molecule has 0 aliphatic rings. The molecule has 0 saturated heterocycles. The summed E-state index contributed by atoms with van der Waals surface area (Å²) in [7, 11) is 0. The summed E-state index contributed by atoms with van der Waals surface area (Å²) in [6, 6.07) is 16.5. The molecular weight excluding hydrogens is 294 g/mol. The Hall–Kier alpha value is -3.08. The number of amides is 1. The van der Waals surface area contributed by atoms with Crippen LogP contribution in [0.5, 0.6) is 0 Å². The second-order valence-electron chi connectivity index (χ2n) is 5.08. The monoisotopic (exact) mass is 309 g/mol. The van der Waals surface area contributed by atoms with Crippen LogP contribution in [-0.4, -0.2) is 18.0 Å². The Labute approximate surface area is 132 Å². The van der Waals surface area contributed by atoms with Crippen molar-refractivity contribution in [1.29, 1.82) is 0 Å². The number of fused-ring (bicyclic) bond motifs is 1. The second kappa shape index (κ2) is 6.36. The van der Waals surface area contributed by atoms with Crippen LogP contribution < -0.4 is 5.32 Å². The maximum Gasteiger partial charge on any atom is 0.374 e. The standard InChI is InChI=1S/C18H15NO4/c1-12(23-18(21)16-7-4-10-22-16)17(20)19-15-9-8-13-5-2-3-6-14(13)11-15/h2-12H,1H3,(H,19,20)/t12-/m1/s1. The number of hydrogen-bond acceptors (Lipinski definition) is 4. The average Bonchev–Trinajstić information content (AvgIpc) is 3.09. The van der Waals surface area contributed by atoms with Crippen molar-refractivity contribution in [3.8, 4) is 0 Å². The van der Waals surface area contributed by atoms with Gasteiger partial charge in [0, 0.05) is 5.69 Å². The van der Waals surface area contributed by atoms with Crippen molar-refractivity contribution < 1.29 is 18.7 Å². The molecule has 116 valence electrons. The Morgan fingerprint density at radius 1 is 1.04 bits per heavy atom. The summed E-state index contributed by atoms with van der Waals surface area (Å²) in [5, 5.41) is 4.84. The predicted molar refractivity (Wildman–Crippen MR) is 86.2 cm³/mol. The second-order valence-corrected chi connectivity index (χ2v) is 5.08. The third-order valence-corrected chi connectivity index (χ3v) is 3.39. The van der Waals surface area contributed by atoms with E-state index < -0.39 is 18.0 Å². The number of hydrogen-bond donors (Lipinski definition) is 1. The van der Waals surface area contributed by atoms with Crippen LogP contribution in [0.4, 0.5) is 5.69 Å². The molecular formula is C18H15NO4. The third-order valence-electron chi connectivity index (χ3n) is 3.39. The van der Waals surface area contributed by atoms with Gasteiger partial charge in [0.25, 0.3) is 5.91 Å². The lowest BCUT2D eigenvalue weighted by Crippen LogP contribution is -2.29. The molecule has 0 unspecified atom stereocenters. The van der Waals surface area contributed by atoms with Crippen molar-refractivity contribution in [2.24, 2.45) is 0 Å². The molecule has 5 heteroatoms. The molecule has 0 aliphatic carbocycles. The third kappa shape index (κ3) is 3.40. The number of esters is 1. The lowest BCUT2D eigenvalue weighted by molar-refractivity contribution is -0.123. The van der Waals surface area contributed by atoms with Crippen molar-refractivity contribution in [1.82, 2.24) is 0 Å². The Morgan fingerprint density at radius 2 is 1.83 bits per heavy atom. The number of furan rings is 1. The van der Waals surface area contributed by atoms with Gasteiger partial charge in [0.15, 0.2) is 6.10 Å². The predicted octanol–water partition coefficient (Wildman–Crippen LogP) is 3.62. The Kier molecular flexibility index (Phi) is 4.10. The molecule has 5 nitrogen and oxygen atoms in total. The molecule has 1 heterocycles. The number of carbonyl (C=O) groups excluding carboxylic acids is 2. The highest BCUT2D eigenvalue weighted by atomic mass is 16.6. The molecule has 0 bridgehead atoms. The van der Waals surface area contributed by atoms with E-state index in [2.05, 4.69) is 5.32 Å². The van der Waals surface area contributed by atoms with E-state index in [1.807, 2.05) is 36.4 Å². The van der Waals surface area contributed by atoms with E-state index in [0.29, 0.717) is 5.69 Å². The first-order chi connectivity index (χ1) is 11.1. The fourth-order valence-corrected chi connectivity index (χ4v) is 2.18.